The molecule has 0 aromatic carbocycles. The molecule has 0 unspecified atom stereocenters. The zero-order valence-corrected chi connectivity index (χ0v) is 15.9. The Kier molecular flexibility index (Phi) is 6.21. The maximum absolute atomic E-state index is 12.5. The topological polar surface area (TPSA) is 156 Å². The molecule has 26 heavy (non-hydrogen) atoms. The smallest absolute Gasteiger partial charge is 0.322 e. The third-order valence-electron chi connectivity index (χ3n) is 3.64. The van der Waals surface area contributed by atoms with Gasteiger partial charge in [-0.05, 0) is 13.8 Å². The lowest BCUT2D eigenvalue weighted by Crippen LogP contribution is -2.52. The minimum absolute atomic E-state index is 0.135. The molecule has 5 N–H and O–H groups in total. The van der Waals surface area contributed by atoms with E-state index in [0.29, 0.717) is 6.29 Å². The zero-order valence-electron chi connectivity index (χ0n) is 14.3. The number of amides is 1. The van der Waals surface area contributed by atoms with Gasteiger partial charge in [-0.3, -0.25) is 14.9 Å². The lowest BCUT2D eigenvalue weighted by molar-refractivity contribution is -0.140. The van der Waals surface area contributed by atoms with Crippen molar-refractivity contribution < 1.29 is 24.3 Å². The number of nitrogens with zero attached hydrogens (tertiary/aromatic N) is 2. The van der Waals surface area contributed by atoms with E-state index in [4.69, 9.17) is 5.73 Å². The van der Waals surface area contributed by atoms with Crippen LogP contribution in [0.25, 0.3) is 0 Å². The van der Waals surface area contributed by atoms with Crippen molar-refractivity contribution in [3.63, 3.8) is 0 Å². The van der Waals surface area contributed by atoms with E-state index in [1.54, 1.807) is 13.8 Å². The summed E-state index contributed by atoms with van der Waals surface area (Å²) in [4.78, 5) is 44.1. The molecule has 0 aliphatic carbocycles. The Morgan fingerprint density at radius 2 is 2.27 bits per heavy atom. The molecule has 1 saturated heterocycles. The van der Waals surface area contributed by atoms with Gasteiger partial charge in [0.05, 0.1) is 5.37 Å². The lowest BCUT2D eigenvalue weighted by Gasteiger charge is -2.21. The summed E-state index contributed by atoms with van der Waals surface area (Å²) in [6.45, 7) is 3.51. The Labute approximate surface area is 157 Å². The fraction of sp³-hybridized carbons (Fsp3) is 0.500. The number of anilines is 1. The number of oxime groups is 1. The quantitative estimate of drug-likeness (QED) is 0.272. The van der Waals surface area contributed by atoms with E-state index in [1.807, 2.05) is 0 Å². The van der Waals surface area contributed by atoms with Crippen LogP contribution in [0.15, 0.2) is 10.5 Å². The number of nitrogen functional groups attached to an aromatic ring is 1. The van der Waals surface area contributed by atoms with Gasteiger partial charge in [0.2, 0.25) is 0 Å². The Bertz CT molecular complexity index is 735. The number of thioether (sulfide) groups is 1. The molecule has 1 aliphatic heterocycles. The van der Waals surface area contributed by atoms with Crippen LogP contribution in [-0.4, -0.2) is 63.3 Å². The third-order valence-corrected chi connectivity index (χ3v) is 5.84. The van der Waals surface area contributed by atoms with Gasteiger partial charge >= 0.3 is 5.97 Å². The van der Waals surface area contributed by atoms with E-state index < -0.39 is 34.1 Å². The Hall–Kier alpha value is -2.18. The molecule has 3 atom stereocenters. The Morgan fingerprint density at radius 3 is 2.73 bits per heavy atom. The highest BCUT2D eigenvalue weighted by Gasteiger charge is 2.47. The molecule has 0 bridgehead atoms. The summed E-state index contributed by atoms with van der Waals surface area (Å²) in [6, 6.07) is -1.84. The van der Waals surface area contributed by atoms with E-state index in [9.17, 15) is 19.5 Å². The van der Waals surface area contributed by atoms with Crippen LogP contribution >= 0.6 is 23.1 Å². The van der Waals surface area contributed by atoms with Crippen molar-refractivity contribution >= 4 is 52.1 Å². The predicted molar refractivity (Wildman–Crippen MR) is 98.1 cm³/mol. The van der Waals surface area contributed by atoms with Crippen molar-refractivity contribution in [3.8, 4) is 0 Å². The van der Waals surface area contributed by atoms with Crippen LogP contribution in [0.4, 0.5) is 5.13 Å². The summed E-state index contributed by atoms with van der Waals surface area (Å²) in [7, 11) is 1.27. The standard InChI is InChI=1S/C14H19N5O5S2/c1-14(2)9(12(22)23)18-11(26-14)6(4-20)16-10(21)8(19-24-3)7-5-25-13(15)17-7/h4-6,9,11,18H,1-3H3,(H2,15,17)(H,16,21)(H,22,23)/b19-8-/t6-,9+,11-/m1/s1. The number of nitrogens with one attached hydrogen (secondary N) is 2. The second kappa shape index (κ2) is 8.01. The third kappa shape index (κ3) is 4.31. The van der Waals surface area contributed by atoms with Crippen LogP contribution in [0.5, 0.6) is 0 Å². The number of carbonyl (C=O) groups is 3. The number of carboxylic acid groups (broad SMARTS) is 1. The van der Waals surface area contributed by atoms with Gasteiger partial charge in [-0.25, -0.2) is 4.98 Å². The van der Waals surface area contributed by atoms with E-state index in [-0.39, 0.29) is 16.5 Å². The van der Waals surface area contributed by atoms with Gasteiger partial charge in [0.1, 0.15) is 31.2 Å². The van der Waals surface area contributed by atoms with Gasteiger partial charge in [-0.15, -0.1) is 23.1 Å². The average Bonchev–Trinajstić information content (AvgIpc) is 3.12. The first-order valence-electron chi connectivity index (χ1n) is 7.45. The van der Waals surface area contributed by atoms with Crippen LogP contribution in [0, 0.1) is 0 Å². The number of carboxylic acids is 1. The molecule has 1 fully saturated rings. The van der Waals surface area contributed by atoms with Gasteiger partial charge < -0.3 is 25.8 Å². The van der Waals surface area contributed by atoms with Crippen molar-refractivity contribution in [2.75, 3.05) is 12.8 Å². The van der Waals surface area contributed by atoms with Crippen LogP contribution in [0.1, 0.15) is 19.5 Å². The molecule has 2 rings (SSSR count). The second-order valence-corrected chi connectivity index (χ2v) is 8.59. The minimum atomic E-state index is -1.03. The normalized spacial score (nSPS) is 23.3. The molecule has 1 aromatic rings. The van der Waals surface area contributed by atoms with Gasteiger partial charge in [-0.1, -0.05) is 5.16 Å². The maximum atomic E-state index is 12.5. The molecular formula is C14H19N5O5S2. The fourth-order valence-corrected chi connectivity index (χ4v) is 4.42. The Balaban J connectivity index is 2.16. The summed E-state index contributed by atoms with van der Waals surface area (Å²) >= 11 is 2.39. The monoisotopic (exact) mass is 401 g/mol. The highest BCUT2D eigenvalue weighted by atomic mass is 32.2. The highest BCUT2D eigenvalue weighted by molar-refractivity contribution is 8.01. The first kappa shape index (κ1) is 20.1. The van der Waals surface area contributed by atoms with Crippen molar-refractivity contribution in [1.82, 2.24) is 15.6 Å². The lowest BCUT2D eigenvalue weighted by atomic mass is 10.0. The summed E-state index contributed by atoms with van der Waals surface area (Å²) in [5, 5.41) is 19.5. The minimum Gasteiger partial charge on any atom is -0.480 e. The molecule has 2 heterocycles. The number of aldehydes is 1. The number of carbonyl (C=O) groups excluding carboxylic acids is 2. The summed E-state index contributed by atoms with van der Waals surface area (Å²) in [6.07, 6.45) is 0.544. The van der Waals surface area contributed by atoms with Gasteiger partial charge in [0, 0.05) is 10.1 Å². The predicted octanol–water partition coefficient (Wildman–Crippen LogP) is -0.346. The molecule has 142 valence electrons. The number of hydrogen-bond donors (Lipinski definition) is 4. The summed E-state index contributed by atoms with van der Waals surface area (Å²) in [5.74, 6) is -1.71. The van der Waals surface area contributed by atoms with Crippen LogP contribution in [-0.2, 0) is 19.2 Å². The van der Waals surface area contributed by atoms with Gasteiger partial charge in [0.25, 0.3) is 5.91 Å². The molecule has 0 spiro atoms. The maximum Gasteiger partial charge on any atom is 0.322 e. The van der Waals surface area contributed by atoms with Gasteiger partial charge in [-0.2, -0.15) is 0 Å². The molecule has 10 nitrogen and oxygen atoms in total. The zero-order chi connectivity index (χ0) is 19.5. The number of rotatable bonds is 7. The van der Waals surface area contributed by atoms with Crippen molar-refractivity contribution in [3.05, 3.63) is 11.1 Å². The van der Waals surface area contributed by atoms with Crippen molar-refractivity contribution in [2.45, 2.75) is 36.1 Å². The molecule has 1 aliphatic rings. The number of thiazole rings is 1. The molecule has 1 aromatic heterocycles. The first-order valence-corrected chi connectivity index (χ1v) is 9.21. The molecule has 1 amide bonds. The second-order valence-electron chi connectivity index (χ2n) is 5.91. The van der Waals surface area contributed by atoms with Crippen molar-refractivity contribution in [1.29, 1.82) is 0 Å². The number of aliphatic carboxylic acids is 1. The number of aromatic nitrogens is 1. The summed E-state index contributed by atoms with van der Waals surface area (Å²) < 4.78 is -0.657. The van der Waals surface area contributed by atoms with Crippen molar-refractivity contribution in [2.24, 2.45) is 5.16 Å². The first-order chi connectivity index (χ1) is 12.2. The van der Waals surface area contributed by atoms with Crippen LogP contribution in [0.3, 0.4) is 0 Å². The number of nitrogens with two attached hydrogens (primary N) is 1. The van der Waals surface area contributed by atoms with Crippen LogP contribution < -0.4 is 16.4 Å². The summed E-state index contributed by atoms with van der Waals surface area (Å²) in [5.41, 5.74) is 5.65. The van der Waals surface area contributed by atoms with Crippen LogP contribution in [0.2, 0.25) is 0 Å². The van der Waals surface area contributed by atoms with Gasteiger partial charge in [0.15, 0.2) is 10.8 Å². The highest BCUT2D eigenvalue weighted by Crippen LogP contribution is 2.38. The molecule has 0 saturated carbocycles. The van der Waals surface area contributed by atoms with E-state index in [1.165, 1.54) is 24.3 Å². The number of hydrogen-bond acceptors (Lipinski definition) is 10. The van der Waals surface area contributed by atoms with E-state index in [2.05, 4.69) is 25.6 Å². The molecule has 12 heteroatoms. The van der Waals surface area contributed by atoms with E-state index in [0.717, 1.165) is 11.3 Å². The largest absolute Gasteiger partial charge is 0.480 e. The average molecular weight is 401 g/mol. The SMILES string of the molecule is CO/N=C(\C(=O)N[C@H](C=O)[C@@H]1N[C@@H](C(=O)O)C(C)(C)S1)c1csc(N)n1. The molecular weight excluding hydrogens is 382 g/mol. The fourth-order valence-electron chi connectivity index (χ4n) is 2.43. The Morgan fingerprint density at radius 1 is 1.58 bits per heavy atom. The molecule has 0 radical (unpaired) electrons. The van der Waals surface area contributed by atoms with E-state index >= 15 is 0 Å².